The van der Waals surface area contributed by atoms with Crippen molar-refractivity contribution in [3.8, 4) is 0 Å². The Hall–Kier alpha value is -1.22. The average molecular weight is 262 g/mol. The number of anilines is 2. The first-order valence-corrected chi connectivity index (χ1v) is 7.50. The van der Waals surface area contributed by atoms with Crippen molar-refractivity contribution in [2.75, 3.05) is 43.1 Å². The molecule has 0 unspecified atom stereocenters. The highest BCUT2D eigenvalue weighted by Gasteiger charge is 2.10. The lowest BCUT2D eigenvalue weighted by Crippen LogP contribution is -2.36. The monoisotopic (exact) mass is 262 g/mol. The highest BCUT2D eigenvalue weighted by Crippen LogP contribution is 2.19. The Kier molecular flexibility index (Phi) is 5.52. The first-order chi connectivity index (χ1) is 9.33. The van der Waals surface area contributed by atoms with Crippen LogP contribution in [0.15, 0.2) is 24.3 Å². The molecule has 19 heavy (non-hydrogen) atoms. The topological polar surface area (TPSA) is 24.5 Å². The van der Waals surface area contributed by atoms with Gasteiger partial charge < -0.3 is 15.0 Å². The summed E-state index contributed by atoms with van der Waals surface area (Å²) in [6.45, 7) is 9.28. The third-order valence-corrected chi connectivity index (χ3v) is 3.99. The van der Waals surface area contributed by atoms with Crippen LogP contribution in [0, 0.1) is 5.92 Å². The number of ether oxygens (including phenoxy) is 1. The molecule has 1 saturated heterocycles. The van der Waals surface area contributed by atoms with Gasteiger partial charge in [-0.1, -0.05) is 26.7 Å². The molecule has 1 aromatic carbocycles. The van der Waals surface area contributed by atoms with Gasteiger partial charge in [-0.3, -0.25) is 0 Å². The second-order valence-corrected chi connectivity index (χ2v) is 5.21. The Morgan fingerprint density at radius 1 is 1.11 bits per heavy atom. The first-order valence-electron chi connectivity index (χ1n) is 7.50. The summed E-state index contributed by atoms with van der Waals surface area (Å²) >= 11 is 0. The van der Waals surface area contributed by atoms with Gasteiger partial charge >= 0.3 is 0 Å². The molecule has 106 valence electrons. The van der Waals surface area contributed by atoms with E-state index in [-0.39, 0.29) is 0 Å². The van der Waals surface area contributed by atoms with Gasteiger partial charge in [-0.2, -0.15) is 0 Å². The van der Waals surface area contributed by atoms with Crippen molar-refractivity contribution >= 4 is 11.4 Å². The fourth-order valence-corrected chi connectivity index (χ4v) is 2.45. The standard InChI is InChI=1S/C16H26N2O/c1-3-14(4-2)13-17-15-5-7-16(8-6-15)18-9-11-19-12-10-18/h5-8,14,17H,3-4,9-13H2,1-2H3. The molecule has 3 heteroatoms. The molecule has 0 bridgehead atoms. The van der Waals surface area contributed by atoms with E-state index in [4.69, 9.17) is 4.74 Å². The number of nitrogens with one attached hydrogen (secondary N) is 1. The van der Waals surface area contributed by atoms with Gasteiger partial charge in [-0.05, 0) is 30.2 Å². The number of nitrogens with zero attached hydrogens (tertiary/aromatic N) is 1. The molecule has 0 atom stereocenters. The zero-order valence-electron chi connectivity index (χ0n) is 12.2. The molecule has 1 aliphatic rings. The Bertz CT molecular complexity index is 354. The van der Waals surface area contributed by atoms with Crippen LogP contribution in [-0.4, -0.2) is 32.8 Å². The van der Waals surface area contributed by atoms with Gasteiger partial charge in [0.1, 0.15) is 0 Å². The average Bonchev–Trinajstić information content (AvgIpc) is 2.50. The molecule has 0 amide bonds. The maximum absolute atomic E-state index is 5.38. The zero-order valence-corrected chi connectivity index (χ0v) is 12.2. The molecular formula is C16H26N2O. The van der Waals surface area contributed by atoms with E-state index in [1.165, 1.54) is 24.2 Å². The van der Waals surface area contributed by atoms with Crippen LogP contribution in [0.5, 0.6) is 0 Å². The Balaban J connectivity index is 1.87. The maximum atomic E-state index is 5.38. The van der Waals surface area contributed by atoms with Crippen LogP contribution in [0.4, 0.5) is 11.4 Å². The minimum Gasteiger partial charge on any atom is -0.385 e. The van der Waals surface area contributed by atoms with Gasteiger partial charge in [0.05, 0.1) is 13.2 Å². The fourth-order valence-electron chi connectivity index (χ4n) is 2.45. The first kappa shape index (κ1) is 14.2. The van der Waals surface area contributed by atoms with Gasteiger partial charge in [0.15, 0.2) is 0 Å². The van der Waals surface area contributed by atoms with Crippen LogP contribution in [-0.2, 0) is 4.74 Å². The van der Waals surface area contributed by atoms with Crippen molar-refractivity contribution in [2.24, 2.45) is 5.92 Å². The van der Waals surface area contributed by atoms with Crippen molar-refractivity contribution in [3.63, 3.8) is 0 Å². The predicted octanol–water partition coefficient (Wildman–Crippen LogP) is 3.37. The lowest BCUT2D eigenvalue weighted by atomic mass is 10.0. The maximum Gasteiger partial charge on any atom is 0.0642 e. The summed E-state index contributed by atoms with van der Waals surface area (Å²) in [6.07, 6.45) is 2.49. The van der Waals surface area contributed by atoms with Crippen LogP contribution in [0.25, 0.3) is 0 Å². The molecular weight excluding hydrogens is 236 g/mol. The van der Waals surface area contributed by atoms with Crippen molar-refractivity contribution in [2.45, 2.75) is 26.7 Å². The second kappa shape index (κ2) is 7.39. The quantitative estimate of drug-likeness (QED) is 0.850. The van der Waals surface area contributed by atoms with Gasteiger partial charge in [0, 0.05) is 31.0 Å². The zero-order chi connectivity index (χ0) is 13.5. The molecule has 1 fully saturated rings. The van der Waals surface area contributed by atoms with E-state index in [1.807, 2.05) is 0 Å². The van der Waals surface area contributed by atoms with Crippen LogP contribution >= 0.6 is 0 Å². The van der Waals surface area contributed by atoms with Crippen LogP contribution < -0.4 is 10.2 Å². The summed E-state index contributed by atoms with van der Waals surface area (Å²) in [4.78, 5) is 2.38. The molecule has 0 aliphatic carbocycles. The molecule has 1 aliphatic heterocycles. The minimum absolute atomic E-state index is 0.777. The Morgan fingerprint density at radius 2 is 1.74 bits per heavy atom. The summed E-state index contributed by atoms with van der Waals surface area (Å²) in [7, 11) is 0. The number of hydrogen-bond donors (Lipinski definition) is 1. The lowest BCUT2D eigenvalue weighted by Gasteiger charge is -2.29. The van der Waals surface area contributed by atoms with E-state index in [9.17, 15) is 0 Å². The van der Waals surface area contributed by atoms with E-state index in [1.54, 1.807) is 0 Å². The summed E-state index contributed by atoms with van der Waals surface area (Å²) in [5, 5.41) is 3.53. The van der Waals surface area contributed by atoms with Gasteiger partial charge in [0.2, 0.25) is 0 Å². The normalized spacial score (nSPS) is 15.8. The number of hydrogen-bond acceptors (Lipinski definition) is 3. The molecule has 0 spiro atoms. The van der Waals surface area contributed by atoms with E-state index in [0.29, 0.717) is 0 Å². The highest BCUT2D eigenvalue weighted by atomic mass is 16.5. The minimum atomic E-state index is 0.777. The largest absolute Gasteiger partial charge is 0.385 e. The number of rotatable bonds is 6. The number of morpholine rings is 1. The highest BCUT2D eigenvalue weighted by molar-refractivity contribution is 5.55. The predicted molar refractivity (Wildman–Crippen MR) is 82.0 cm³/mol. The van der Waals surface area contributed by atoms with Crippen molar-refractivity contribution in [1.82, 2.24) is 0 Å². The smallest absolute Gasteiger partial charge is 0.0642 e. The SMILES string of the molecule is CCC(CC)CNc1ccc(N2CCOCC2)cc1. The van der Waals surface area contributed by atoms with Gasteiger partial charge in [-0.25, -0.2) is 0 Å². The second-order valence-electron chi connectivity index (χ2n) is 5.21. The summed E-state index contributed by atoms with van der Waals surface area (Å²) in [5.41, 5.74) is 2.53. The lowest BCUT2D eigenvalue weighted by molar-refractivity contribution is 0.122. The Morgan fingerprint density at radius 3 is 2.32 bits per heavy atom. The summed E-state index contributed by atoms with van der Waals surface area (Å²) in [6, 6.07) is 8.79. The molecule has 1 heterocycles. The number of benzene rings is 1. The molecule has 0 aromatic heterocycles. The van der Waals surface area contributed by atoms with Gasteiger partial charge in [0.25, 0.3) is 0 Å². The van der Waals surface area contributed by atoms with E-state index >= 15 is 0 Å². The summed E-state index contributed by atoms with van der Waals surface area (Å²) < 4.78 is 5.38. The molecule has 2 rings (SSSR count). The van der Waals surface area contributed by atoms with E-state index in [0.717, 1.165) is 38.8 Å². The van der Waals surface area contributed by atoms with E-state index < -0.39 is 0 Å². The fraction of sp³-hybridized carbons (Fsp3) is 0.625. The van der Waals surface area contributed by atoms with Crippen molar-refractivity contribution in [1.29, 1.82) is 0 Å². The van der Waals surface area contributed by atoms with Crippen LogP contribution in [0.1, 0.15) is 26.7 Å². The molecule has 0 radical (unpaired) electrons. The van der Waals surface area contributed by atoms with Crippen molar-refractivity contribution < 1.29 is 4.74 Å². The molecule has 1 aromatic rings. The van der Waals surface area contributed by atoms with E-state index in [2.05, 4.69) is 48.3 Å². The Labute approximate surface area is 116 Å². The van der Waals surface area contributed by atoms with Crippen molar-refractivity contribution in [3.05, 3.63) is 24.3 Å². The molecule has 3 nitrogen and oxygen atoms in total. The molecule has 0 saturated carbocycles. The van der Waals surface area contributed by atoms with Crippen LogP contribution in [0.2, 0.25) is 0 Å². The summed E-state index contributed by atoms with van der Waals surface area (Å²) in [5.74, 6) is 0.777. The van der Waals surface area contributed by atoms with Gasteiger partial charge in [-0.15, -0.1) is 0 Å². The molecule has 1 N–H and O–H groups in total. The third kappa shape index (κ3) is 4.13. The van der Waals surface area contributed by atoms with Crippen LogP contribution in [0.3, 0.4) is 0 Å². The third-order valence-electron chi connectivity index (χ3n) is 3.99.